The highest BCUT2D eigenvalue weighted by atomic mass is 16.2. The number of amides is 1. The van der Waals surface area contributed by atoms with Gasteiger partial charge in [0, 0.05) is 18.5 Å². The van der Waals surface area contributed by atoms with Crippen LogP contribution in [0.2, 0.25) is 0 Å². The molecule has 1 saturated carbocycles. The quantitative estimate of drug-likeness (QED) is 0.648. The molecule has 2 unspecified atom stereocenters. The summed E-state index contributed by atoms with van der Waals surface area (Å²) in [4.78, 5) is 11.4. The third-order valence-corrected chi connectivity index (χ3v) is 2.57. The van der Waals surface area contributed by atoms with Gasteiger partial charge in [-0.15, -0.1) is 0 Å². The van der Waals surface area contributed by atoms with Crippen molar-refractivity contribution in [3.05, 3.63) is 0 Å². The van der Waals surface area contributed by atoms with E-state index in [9.17, 15) is 4.79 Å². The molecule has 3 N–H and O–H groups in total. The molecule has 0 aliphatic heterocycles. The maximum Gasteiger partial charge on any atom is 0.223 e. The molecule has 0 aromatic heterocycles. The van der Waals surface area contributed by atoms with Crippen LogP contribution < -0.4 is 11.1 Å². The van der Waals surface area contributed by atoms with Gasteiger partial charge < -0.3 is 11.1 Å². The van der Waals surface area contributed by atoms with Crippen LogP contribution in [0.15, 0.2) is 0 Å². The van der Waals surface area contributed by atoms with Gasteiger partial charge in [-0.1, -0.05) is 13.8 Å². The predicted molar refractivity (Wildman–Crippen MR) is 48.5 cm³/mol. The van der Waals surface area contributed by atoms with Crippen LogP contribution in [-0.4, -0.2) is 18.5 Å². The van der Waals surface area contributed by atoms with Crippen LogP contribution in [0.3, 0.4) is 0 Å². The summed E-state index contributed by atoms with van der Waals surface area (Å²) in [6, 6.07) is 0.105. The molecule has 70 valence electrons. The number of carbonyl (C=O) groups is 1. The zero-order valence-corrected chi connectivity index (χ0v) is 8.05. The van der Waals surface area contributed by atoms with E-state index < -0.39 is 0 Å². The zero-order valence-electron chi connectivity index (χ0n) is 8.05. The Balaban J connectivity index is 2.32. The highest BCUT2D eigenvalue weighted by molar-refractivity contribution is 5.82. The summed E-state index contributed by atoms with van der Waals surface area (Å²) in [5, 5.41) is 2.88. The van der Waals surface area contributed by atoms with E-state index in [1.165, 1.54) is 0 Å². The largest absolute Gasteiger partial charge is 0.352 e. The molecule has 0 aromatic rings. The number of hydrogen-bond donors (Lipinski definition) is 2. The molecule has 2 atom stereocenters. The Bertz CT molecular complexity index is 189. The molecule has 0 bridgehead atoms. The van der Waals surface area contributed by atoms with E-state index in [1.807, 2.05) is 6.92 Å². The Morgan fingerprint density at radius 2 is 2.25 bits per heavy atom. The zero-order chi connectivity index (χ0) is 9.35. The molecular weight excluding hydrogens is 152 g/mol. The highest BCUT2D eigenvalue weighted by Gasteiger charge is 2.50. The SMILES string of the molecule is CC(CN)NC(=O)C1CC1(C)C. The van der Waals surface area contributed by atoms with E-state index in [-0.39, 0.29) is 23.3 Å². The lowest BCUT2D eigenvalue weighted by Gasteiger charge is -2.11. The van der Waals surface area contributed by atoms with Crippen molar-refractivity contribution in [2.45, 2.75) is 33.2 Å². The fourth-order valence-electron chi connectivity index (χ4n) is 1.32. The number of rotatable bonds is 3. The summed E-state index contributed by atoms with van der Waals surface area (Å²) >= 11 is 0. The van der Waals surface area contributed by atoms with Crippen LogP contribution >= 0.6 is 0 Å². The molecule has 1 fully saturated rings. The second-order valence-electron chi connectivity index (χ2n) is 4.39. The molecule has 1 rings (SSSR count). The standard InChI is InChI=1S/C9H18N2O/c1-6(5-10)11-8(12)7-4-9(7,2)3/h6-7H,4-5,10H2,1-3H3,(H,11,12). The van der Waals surface area contributed by atoms with Crippen molar-refractivity contribution in [2.75, 3.05) is 6.54 Å². The highest BCUT2D eigenvalue weighted by Crippen LogP contribution is 2.51. The molecule has 0 spiro atoms. The first-order chi connectivity index (χ1) is 5.47. The normalized spacial score (nSPS) is 27.8. The van der Waals surface area contributed by atoms with Gasteiger partial charge in [0.05, 0.1) is 0 Å². The van der Waals surface area contributed by atoms with Gasteiger partial charge in [0.2, 0.25) is 5.91 Å². The number of nitrogens with two attached hydrogens (primary N) is 1. The van der Waals surface area contributed by atoms with Gasteiger partial charge in [0.1, 0.15) is 0 Å². The summed E-state index contributed by atoms with van der Waals surface area (Å²) < 4.78 is 0. The maximum atomic E-state index is 11.4. The van der Waals surface area contributed by atoms with Gasteiger partial charge in [-0.2, -0.15) is 0 Å². The van der Waals surface area contributed by atoms with Crippen molar-refractivity contribution < 1.29 is 4.79 Å². The van der Waals surface area contributed by atoms with E-state index in [1.54, 1.807) is 0 Å². The Kier molecular flexibility index (Phi) is 2.42. The monoisotopic (exact) mass is 170 g/mol. The van der Waals surface area contributed by atoms with Crippen LogP contribution in [-0.2, 0) is 4.79 Å². The molecule has 0 radical (unpaired) electrons. The average Bonchev–Trinajstić information content (AvgIpc) is 2.59. The topological polar surface area (TPSA) is 55.1 Å². The van der Waals surface area contributed by atoms with E-state index in [0.717, 1.165) is 6.42 Å². The first-order valence-corrected chi connectivity index (χ1v) is 4.48. The number of carbonyl (C=O) groups excluding carboxylic acids is 1. The first kappa shape index (κ1) is 9.52. The van der Waals surface area contributed by atoms with Crippen molar-refractivity contribution in [2.24, 2.45) is 17.1 Å². The predicted octanol–water partition coefficient (Wildman–Crippen LogP) is 0.496. The number of hydrogen-bond acceptors (Lipinski definition) is 2. The Morgan fingerprint density at radius 3 is 2.58 bits per heavy atom. The second kappa shape index (κ2) is 3.05. The van der Waals surface area contributed by atoms with Crippen molar-refractivity contribution in [3.63, 3.8) is 0 Å². The van der Waals surface area contributed by atoms with Crippen molar-refractivity contribution in [3.8, 4) is 0 Å². The van der Waals surface area contributed by atoms with Crippen LogP contribution in [0.25, 0.3) is 0 Å². The maximum absolute atomic E-state index is 11.4. The molecule has 0 heterocycles. The molecule has 1 aliphatic rings. The summed E-state index contributed by atoms with van der Waals surface area (Å²) in [5.41, 5.74) is 5.61. The first-order valence-electron chi connectivity index (χ1n) is 4.48. The minimum atomic E-state index is 0.105. The van der Waals surface area contributed by atoms with E-state index in [4.69, 9.17) is 5.73 Å². The fourth-order valence-corrected chi connectivity index (χ4v) is 1.32. The molecule has 3 heteroatoms. The van der Waals surface area contributed by atoms with Gasteiger partial charge in [-0.05, 0) is 18.8 Å². The molecular formula is C9H18N2O. The van der Waals surface area contributed by atoms with Gasteiger partial charge in [-0.25, -0.2) is 0 Å². The lowest BCUT2D eigenvalue weighted by molar-refractivity contribution is -0.123. The van der Waals surface area contributed by atoms with E-state index in [2.05, 4.69) is 19.2 Å². The Hall–Kier alpha value is -0.570. The van der Waals surface area contributed by atoms with Crippen LogP contribution in [0.4, 0.5) is 0 Å². The Morgan fingerprint density at radius 1 is 1.75 bits per heavy atom. The minimum absolute atomic E-state index is 0.105. The third kappa shape index (κ3) is 1.97. The van der Waals surface area contributed by atoms with Crippen molar-refractivity contribution in [1.82, 2.24) is 5.32 Å². The molecule has 3 nitrogen and oxygen atoms in total. The van der Waals surface area contributed by atoms with Crippen LogP contribution in [0.5, 0.6) is 0 Å². The molecule has 1 amide bonds. The van der Waals surface area contributed by atoms with Crippen LogP contribution in [0, 0.1) is 11.3 Å². The lowest BCUT2D eigenvalue weighted by atomic mass is 10.1. The van der Waals surface area contributed by atoms with Gasteiger partial charge >= 0.3 is 0 Å². The third-order valence-electron chi connectivity index (χ3n) is 2.57. The lowest BCUT2D eigenvalue weighted by Crippen LogP contribution is -2.39. The molecule has 0 aromatic carbocycles. The number of nitrogens with one attached hydrogen (secondary N) is 1. The van der Waals surface area contributed by atoms with E-state index in [0.29, 0.717) is 6.54 Å². The molecule has 12 heavy (non-hydrogen) atoms. The molecule has 0 saturated heterocycles. The second-order valence-corrected chi connectivity index (χ2v) is 4.39. The minimum Gasteiger partial charge on any atom is -0.352 e. The Labute approximate surface area is 73.7 Å². The van der Waals surface area contributed by atoms with Gasteiger partial charge in [0.25, 0.3) is 0 Å². The summed E-state index contributed by atoms with van der Waals surface area (Å²) in [7, 11) is 0. The van der Waals surface area contributed by atoms with Crippen molar-refractivity contribution >= 4 is 5.91 Å². The summed E-state index contributed by atoms with van der Waals surface area (Å²) in [6.45, 7) is 6.67. The summed E-state index contributed by atoms with van der Waals surface area (Å²) in [5.74, 6) is 0.379. The van der Waals surface area contributed by atoms with Crippen molar-refractivity contribution in [1.29, 1.82) is 0 Å². The summed E-state index contributed by atoms with van der Waals surface area (Å²) in [6.07, 6.45) is 1.01. The molecule has 1 aliphatic carbocycles. The smallest absolute Gasteiger partial charge is 0.223 e. The van der Waals surface area contributed by atoms with Gasteiger partial charge in [0.15, 0.2) is 0 Å². The van der Waals surface area contributed by atoms with E-state index >= 15 is 0 Å². The van der Waals surface area contributed by atoms with Crippen LogP contribution in [0.1, 0.15) is 27.2 Å². The van der Waals surface area contributed by atoms with Gasteiger partial charge in [-0.3, -0.25) is 4.79 Å². The fraction of sp³-hybridized carbons (Fsp3) is 0.889. The average molecular weight is 170 g/mol.